The zero-order valence-corrected chi connectivity index (χ0v) is 13.4. The number of aromatic nitrogens is 2. The molecular formula is C17H24N4O. The van der Waals surface area contributed by atoms with Crippen LogP contribution < -0.4 is 0 Å². The van der Waals surface area contributed by atoms with Gasteiger partial charge in [0, 0.05) is 31.5 Å². The summed E-state index contributed by atoms with van der Waals surface area (Å²) in [5.74, 6) is 0.204. The maximum atomic E-state index is 12.7. The molecule has 22 heavy (non-hydrogen) atoms. The molecule has 0 aliphatic carbocycles. The minimum atomic E-state index is 0.204. The molecule has 3 rings (SSSR count). The second-order valence-electron chi connectivity index (χ2n) is 6.37. The van der Waals surface area contributed by atoms with E-state index in [1.165, 1.54) is 6.42 Å². The van der Waals surface area contributed by atoms with Crippen molar-refractivity contribution in [1.82, 2.24) is 19.2 Å². The third-order valence-corrected chi connectivity index (χ3v) is 4.27. The van der Waals surface area contributed by atoms with E-state index in [0.29, 0.717) is 12.5 Å². The van der Waals surface area contributed by atoms with Crippen LogP contribution in [-0.2, 0) is 11.2 Å². The van der Waals surface area contributed by atoms with Crippen LogP contribution in [0.15, 0.2) is 30.6 Å². The van der Waals surface area contributed by atoms with Crippen molar-refractivity contribution < 1.29 is 4.79 Å². The third-order valence-electron chi connectivity index (χ3n) is 4.27. The van der Waals surface area contributed by atoms with Gasteiger partial charge in [0.15, 0.2) is 0 Å². The Balaban J connectivity index is 1.71. The van der Waals surface area contributed by atoms with Crippen molar-refractivity contribution in [1.29, 1.82) is 0 Å². The fourth-order valence-electron chi connectivity index (χ4n) is 3.27. The van der Waals surface area contributed by atoms with E-state index >= 15 is 0 Å². The van der Waals surface area contributed by atoms with Gasteiger partial charge in [-0.1, -0.05) is 6.07 Å². The van der Waals surface area contributed by atoms with Gasteiger partial charge in [0.1, 0.15) is 5.65 Å². The van der Waals surface area contributed by atoms with E-state index in [-0.39, 0.29) is 5.91 Å². The molecule has 0 unspecified atom stereocenters. The molecule has 0 aromatic carbocycles. The standard InChI is InChI=1S/C17H24N4O/c1-19(2)13-15-7-3-6-10-21(15)17(22)11-14-12-20-9-5-4-8-16(20)18-14/h4-5,8-9,12,15H,3,6-7,10-11,13H2,1-2H3/t15-/m1/s1. The first-order valence-electron chi connectivity index (χ1n) is 8.00. The molecule has 0 radical (unpaired) electrons. The monoisotopic (exact) mass is 300 g/mol. The van der Waals surface area contributed by atoms with Gasteiger partial charge >= 0.3 is 0 Å². The van der Waals surface area contributed by atoms with E-state index < -0.39 is 0 Å². The van der Waals surface area contributed by atoms with Gasteiger partial charge in [-0.15, -0.1) is 0 Å². The smallest absolute Gasteiger partial charge is 0.228 e. The summed E-state index contributed by atoms with van der Waals surface area (Å²) in [5, 5.41) is 0. The average Bonchev–Trinajstić information content (AvgIpc) is 2.89. The predicted octanol–water partition coefficient (Wildman–Crippen LogP) is 1.82. The number of imidazole rings is 1. The number of hydrogen-bond donors (Lipinski definition) is 0. The summed E-state index contributed by atoms with van der Waals surface area (Å²) in [4.78, 5) is 21.5. The molecule has 0 bridgehead atoms. The highest BCUT2D eigenvalue weighted by Gasteiger charge is 2.27. The summed E-state index contributed by atoms with van der Waals surface area (Å²) in [6.07, 6.45) is 7.75. The molecule has 2 aromatic heterocycles. The Morgan fingerprint density at radius 2 is 2.23 bits per heavy atom. The van der Waals surface area contributed by atoms with Crippen LogP contribution in [0.4, 0.5) is 0 Å². The molecule has 3 heterocycles. The van der Waals surface area contributed by atoms with E-state index in [9.17, 15) is 4.79 Å². The quantitative estimate of drug-likeness (QED) is 0.865. The van der Waals surface area contributed by atoms with Crippen molar-refractivity contribution in [3.8, 4) is 0 Å². The molecule has 1 amide bonds. The topological polar surface area (TPSA) is 40.9 Å². The lowest BCUT2D eigenvalue weighted by Gasteiger charge is -2.37. The molecule has 0 saturated carbocycles. The van der Waals surface area contributed by atoms with Crippen molar-refractivity contribution in [3.63, 3.8) is 0 Å². The molecule has 1 atom stereocenters. The molecule has 5 nitrogen and oxygen atoms in total. The maximum absolute atomic E-state index is 12.7. The molecule has 1 fully saturated rings. The van der Waals surface area contributed by atoms with Crippen molar-refractivity contribution in [2.24, 2.45) is 0 Å². The highest BCUT2D eigenvalue weighted by molar-refractivity contribution is 5.79. The van der Waals surface area contributed by atoms with Crippen LogP contribution in [0.1, 0.15) is 25.0 Å². The van der Waals surface area contributed by atoms with Crippen LogP contribution in [0.2, 0.25) is 0 Å². The minimum Gasteiger partial charge on any atom is -0.338 e. The lowest BCUT2D eigenvalue weighted by atomic mass is 10.0. The van der Waals surface area contributed by atoms with E-state index in [1.54, 1.807) is 0 Å². The molecule has 1 aliphatic heterocycles. The summed E-state index contributed by atoms with van der Waals surface area (Å²) in [5.41, 5.74) is 1.75. The van der Waals surface area contributed by atoms with Crippen LogP contribution in [0.5, 0.6) is 0 Å². The van der Waals surface area contributed by atoms with E-state index in [2.05, 4.69) is 28.9 Å². The lowest BCUT2D eigenvalue weighted by Crippen LogP contribution is -2.48. The minimum absolute atomic E-state index is 0.204. The van der Waals surface area contributed by atoms with Crippen molar-refractivity contribution >= 4 is 11.6 Å². The Morgan fingerprint density at radius 1 is 1.36 bits per heavy atom. The second kappa shape index (κ2) is 6.48. The van der Waals surface area contributed by atoms with Crippen LogP contribution in [0.25, 0.3) is 5.65 Å². The summed E-state index contributed by atoms with van der Waals surface area (Å²) in [7, 11) is 4.14. The highest BCUT2D eigenvalue weighted by atomic mass is 16.2. The summed E-state index contributed by atoms with van der Waals surface area (Å²) in [6.45, 7) is 1.82. The van der Waals surface area contributed by atoms with Gasteiger partial charge in [0.2, 0.25) is 5.91 Å². The van der Waals surface area contributed by atoms with Crippen LogP contribution >= 0.6 is 0 Å². The number of carbonyl (C=O) groups is 1. The zero-order chi connectivity index (χ0) is 15.5. The molecule has 1 aliphatic rings. The third kappa shape index (κ3) is 3.30. The number of likely N-dealkylation sites (N-methyl/N-ethyl adjacent to an activating group) is 1. The Bertz CT molecular complexity index is 616. The Morgan fingerprint density at radius 3 is 3.00 bits per heavy atom. The number of hydrogen-bond acceptors (Lipinski definition) is 3. The van der Waals surface area contributed by atoms with Gasteiger partial charge < -0.3 is 14.2 Å². The number of amides is 1. The van der Waals surface area contributed by atoms with Crippen molar-refractivity contribution in [2.75, 3.05) is 27.2 Å². The number of pyridine rings is 1. The highest BCUT2D eigenvalue weighted by Crippen LogP contribution is 2.19. The van der Waals surface area contributed by atoms with Gasteiger partial charge in [-0.2, -0.15) is 0 Å². The van der Waals surface area contributed by atoms with Crippen molar-refractivity contribution in [2.45, 2.75) is 31.7 Å². The predicted molar refractivity (Wildman–Crippen MR) is 86.8 cm³/mol. The fourth-order valence-corrected chi connectivity index (χ4v) is 3.27. The average molecular weight is 300 g/mol. The van der Waals surface area contributed by atoms with Gasteiger partial charge in [-0.3, -0.25) is 4.79 Å². The molecule has 0 spiro atoms. The Labute approximate surface area is 131 Å². The number of fused-ring (bicyclic) bond motifs is 1. The summed E-state index contributed by atoms with van der Waals surface area (Å²) < 4.78 is 1.97. The number of carbonyl (C=O) groups excluding carboxylic acids is 1. The Kier molecular flexibility index (Phi) is 4.43. The van der Waals surface area contributed by atoms with Crippen LogP contribution in [0.3, 0.4) is 0 Å². The number of piperidine rings is 1. The number of nitrogens with zero attached hydrogens (tertiary/aromatic N) is 4. The van der Waals surface area contributed by atoms with Gasteiger partial charge in [-0.05, 0) is 45.5 Å². The summed E-state index contributed by atoms with van der Waals surface area (Å²) >= 11 is 0. The molecule has 1 saturated heterocycles. The van der Waals surface area contributed by atoms with Gasteiger partial charge in [-0.25, -0.2) is 4.98 Å². The first-order chi connectivity index (χ1) is 10.6. The second-order valence-corrected chi connectivity index (χ2v) is 6.37. The SMILES string of the molecule is CN(C)C[C@H]1CCCCN1C(=O)Cc1cn2ccccc2n1. The van der Waals surface area contributed by atoms with Crippen molar-refractivity contribution in [3.05, 3.63) is 36.3 Å². The number of rotatable bonds is 4. The first-order valence-corrected chi connectivity index (χ1v) is 8.00. The van der Waals surface area contributed by atoms with Crippen LogP contribution in [0, 0.1) is 0 Å². The molecule has 2 aromatic rings. The molecule has 0 N–H and O–H groups in total. The maximum Gasteiger partial charge on any atom is 0.228 e. The van der Waals surface area contributed by atoms with Gasteiger partial charge in [0.25, 0.3) is 0 Å². The first kappa shape index (κ1) is 15.0. The lowest BCUT2D eigenvalue weighted by molar-refractivity contribution is -0.134. The fraction of sp³-hybridized carbons (Fsp3) is 0.529. The van der Waals surface area contributed by atoms with Crippen LogP contribution in [-0.4, -0.2) is 58.3 Å². The zero-order valence-electron chi connectivity index (χ0n) is 13.4. The van der Waals surface area contributed by atoms with E-state index in [1.807, 2.05) is 35.0 Å². The van der Waals surface area contributed by atoms with E-state index in [4.69, 9.17) is 0 Å². The van der Waals surface area contributed by atoms with Gasteiger partial charge in [0.05, 0.1) is 12.1 Å². The largest absolute Gasteiger partial charge is 0.338 e. The summed E-state index contributed by atoms with van der Waals surface area (Å²) in [6, 6.07) is 6.24. The molecule has 118 valence electrons. The van der Waals surface area contributed by atoms with E-state index in [0.717, 1.165) is 37.3 Å². The Hall–Kier alpha value is -1.88. The number of likely N-dealkylation sites (tertiary alicyclic amines) is 1. The molecule has 5 heteroatoms. The molecular weight excluding hydrogens is 276 g/mol. The normalized spacial score (nSPS) is 19.0.